The summed E-state index contributed by atoms with van der Waals surface area (Å²) in [6.45, 7) is 0.217. The van der Waals surface area contributed by atoms with E-state index in [1.165, 1.54) is 41.2 Å². The molecular weight excluding hydrogens is 421 g/mol. The normalized spacial score (nSPS) is 11.2. The summed E-state index contributed by atoms with van der Waals surface area (Å²) >= 11 is 5.82. The Morgan fingerprint density at radius 3 is 2.33 bits per heavy atom. The quantitative estimate of drug-likeness (QED) is 0.625. The number of benzene rings is 2. The molecule has 1 aromatic heterocycles. The second kappa shape index (κ2) is 8.58. The van der Waals surface area contributed by atoms with Crippen molar-refractivity contribution < 1.29 is 22.8 Å². The number of alkyl halides is 3. The van der Waals surface area contributed by atoms with E-state index >= 15 is 0 Å². The van der Waals surface area contributed by atoms with E-state index in [0.29, 0.717) is 10.7 Å². The van der Waals surface area contributed by atoms with Gasteiger partial charge in [-0.25, -0.2) is 4.68 Å². The number of nitrogens with zero attached hydrogens (tertiary/aromatic N) is 3. The molecule has 2 aromatic carbocycles. The second-order valence-electron chi connectivity index (χ2n) is 6.46. The van der Waals surface area contributed by atoms with Crippen LogP contribution in [0.2, 0.25) is 5.02 Å². The van der Waals surface area contributed by atoms with Crippen LogP contribution in [0.25, 0.3) is 5.69 Å². The van der Waals surface area contributed by atoms with Crippen LogP contribution in [0, 0.1) is 0 Å². The summed E-state index contributed by atoms with van der Waals surface area (Å²) in [4.78, 5) is 25.7. The van der Waals surface area contributed by atoms with E-state index < -0.39 is 23.6 Å². The highest BCUT2D eigenvalue weighted by Gasteiger charge is 2.30. The lowest BCUT2D eigenvalue weighted by Crippen LogP contribution is -2.36. The number of nitrogens with one attached hydrogen (secondary N) is 1. The van der Waals surface area contributed by atoms with Gasteiger partial charge in [0.2, 0.25) is 0 Å². The maximum atomic E-state index is 12.7. The molecule has 0 spiro atoms. The van der Waals surface area contributed by atoms with E-state index in [9.17, 15) is 22.8 Å². The van der Waals surface area contributed by atoms with Gasteiger partial charge in [-0.15, -0.1) is 0 Å². The number of amides is 2. The number of rotatable bonds is 4. The van der Waals surface area contributed by atoms with Crippen molar-refractivity contribution in [1.29, 1.82) is 0 Å². The maximum Gasteiger partial charge on any atom is 0.416 e. The van der Waals surface area contributed by atoms with Gasteiger partial charge in [0.25, 0.3) is 0 Å². The van der Waals surface area contributed by atoms with Crippen LogP contribution in [0.1, 0.15) is 11.1 Å². The van der Waals surface area contributed by atoms with Crippen molar-refractivity contribution in [2.45, 2.75) is 12.7 Å². The summed E-state index contributed by atoms with van der Waals surface area (Å²) in [6.07, 6.45) is -1.74. The molecule has 2 amide bonds. The van der Waals surface area contributed by atoms with E-state index in [1.54, 1.807) is 24.3 Å². The molecule has 30 heavy (non-hydrogen) atoms. The molecule has 1 heterocycles. The minimum absolute atomic E-state index is 0.217. The fourth-order valence-electron chi connectivity index (χ4n) is 2.63. The third kappa shape index (κ3) is 5.18. The molecule has 0 unspecified atom stereocenters. The van der Waals surface area contributed by atoms with E-state index in [0.717, 1.165) is 17.7 Å². The molecule has 0 bridgehead atoms. The van der Waals surface area contributed by atoms with Crippen molar-refractivity contribution in [3.05, 3.63) is 77.1 Å². The lowest BCUT2D eigenvalue weighted by molar-refractivity contribution is -0.142. The highest BCUT2D eigenvalue weighted by molar-refractivity contribution is 6.39. The predicted molar refractivity (Wildman–Crippen MR) is 105 cm³/mol. The van der Waals surface area contributed by atoms with Crippen LogP contribution >= 0.6 is 11.6 Å². The standard InChI is InChI=1S/C20H16ClF3N4O2/c1-27(11-13-2-6-15(21)7-3-13)19(30)18(29)26-16-10-25-28(12-16)17-8-4-14(5-9-17)20(22,23)24/h2-10,12H,11H2,1H3,(H,26,29). The van der Waals surface area contributed by atoms with Gasteiger partial charge in [-0.1, -0.05) is 23.7 Å². The van der Waals surface area contributed by atoms with Crippen molar-refractivity contribution in [3.63, 3.8) is 0 Å². The molecule has 3 rings (SSSR count). The Labute approximate surface area is 174 Å². The molecule has 0 atom stereocenters. The van der Waals surface area contributed by atoms with Gasteiger partial charge in [0.05, 0.1) is 29.3 Å². The van der Waals surface area contributed by atoms with E-state index in [-0.39, 0.29) is 12.2 Å². The number of anilines is 1. The summed E-state index contributed by atoms with van der Waals surface area (Å²) in [6, 6.07) is 11.3. The van der Waals surface area contributed by atoms with Gasteiger partial charge in [-0.3, -0.25) is 9.59 Å². The Morgan fingerprint density at radius 2 is 1.73 bits per heavy atom. The van der Waals surface area contributed by atoms with Gasteiger partial charge in [0.1, 0.15) is 0 Å². The van der Waals surface area contributed by atoms with E-state index in [4.69, 9.17) is 11.6 Å². The molecule has 0 fully saturated rings. The lowest BCUT2D eigenvalue weighted by atomic mass is 10.2. The summed E-state index contributed by atoms with van der Waals surface area (Å²) in [5.41, 5.74) is 0.627. The minimum Gasteiger partial charge on any atom is -0.333 e. The van der Waals surface area contributed by atoms with Gasteiger partial charge in [-0.05, 0) is 42.0 Å². The van der Waals surface area contributed by atoms with Gasteiger partial charge in [0, 0.05) is 18.6 Å². The molecule has 3 aromatic rings. The van der Waals surface area contributed by atoms with Gasteiger partial charge in [-0.2, -0.15) is 18.3 Å². The number of likely N-dealkylation sites (N-methyl/N-ethyl adjacent to an activating group) is 1. The third-order valence-corrected chi connectivity index (χ3v) is 4.43. The number of hydrogen-bond donors (Lipinski definition) is 1. The Hall–Kier alpha value is -3.33. The minimum atomic E-state index is -4.43. The topological polar surface area (TPSA) is 67.2 Å². The van der Waals surface area contributed by atoms with Crippen LogP contribution in [-0.4, -0.2) is 33.5 Å². The molecule has 156 valence electrons. The predicted octanol–water partition coefficient (Wildman–Crippen LogP) is 4.14. The van der Waals surface area contributed by atoms with Crippen LogP contribution in [0.4, 0.5) is 18.9 Å². The summed E-state index contributed by atoms with van der Waals surface area (Å²) < 4.78 is 39.3. The van der Waals surface area contributed by atoms with Crippen molar-refractivity contribution in [3.8, 4) is 5.69 Å². The average Bonchev–Trinajstić information content (AvgIpc) is 3.17. The first-order valence-electron chi connectivity index (χ1n) is 8.66. The molecule has 0 aliphatic heterocycles. The first-order chi connectivity index (χ1) is 14.1. The Kier molecular flexibility index (Phi) is 6.12. The number of aromatic nitrogens is 2. The molecule has 10 heteroatoms. The molecule has 6 nitrogen and oxygen atoms in total. The number of halogens is 4. The molecule has 0 aliphatic carbocycles. The van der Waals surface area contributed by atoms with Crippen LogP contribution in [-0.2, 0) is 22.3 Å². The smallest absolute Gasteiger partial charge is 0.333 e. The number of hydrogen-bond acceptors (Lipinski definition) is 3. The van der Waals surface area contributed by atoms with Crippen molar-refractivity contribution in [2.24, 2.45) is 0 Å². The van der Waals surface area contributed by atoms with Gasteiger partial charge >= 0.3 is 18.0 Å². The van der Waals surface area contributed by atoms with Crippen molar-refractivity contribution in [2.75, 3.05) is 12.4 Å². The summed E-state index contributed by atoms with van der Waals surface area (Å²) in [5, 5.41) is 6.99. The second-order valence-corrected chi connectivity index (χ2v) is 6.90. The zero-order valence-electron chi connectivity index (χ0n) is 15.7. The van der Waals surface area contributed by atoms with Crippen LogP contribution in [0.5, 0.6) is 0 Å². The van der Waals surface area contributed by atoms with E-state index in [2.05, 4.69) is 10.4 Å². The maximum absolute atomic E-state index is 12.7. The van der Waals surface area contributed by atoms with Crippen LogP contribution in [0.3, 0.4) is 0 Å². The van der Waals surface area contributed by atoms with Crippen molar-refractivity contribution >= 4 is 29.1 Å². The fraction of sp³-hybridized carbons (Fsp3) is 0.150. The van der Waals surface area contributed by atoms with Crippen LogP contribution in [0.15, 0.2) is 60.9 Å². The largest absolute Gasteiger partial charge is 0.416 e. The first kappa shape index (κ1) is 21.4. The number of carbonyl (C=O) groups is 2. The monoisotopic (exact) mass is 436 g/mol. The Morgan fingerprint density at radius 1 is 1.10 bits per heavy atom. The highest BCUT2D eigenvalue weighted by atomic mass is 35.5. The molecule has 0 aliphatic rings. The molecule has 1 N–H and O–H groups in total. The molecular formula is C20H16ClF3N4O2. The summed E-state index contributed by atoms with van der Waals surface area (Å²) in [7, 11) is 1.49. The zero-order chi connectivity index (χ0) is 21.9. The zero-order valence-corrected chi connectivity index (χ0v) is 16.4. The lowest BCUT2D eigenvalue weighted by Gasteiger charge is -2.16. The Balaban J connectivity index is 1.62. The van der Waals surface area contributed by atoms with Gasteiger partial charge < -0.3 is 10.2 Å². The first-order valence-corrected chi connectivity index (χ1v) is 9.04. The SMILES string of the molecule is CN(Cc1ccc(Cl)cc1)C(=O)C(=O)Nc1cnn(-c2ccc(C(F)(F)F)cc2)c1. The fourth-order valence-corrected chi connectivity index (χ4v) is 2.75. The van der Waals surface area contributed by atoms with Crippen LogP contribution < -0.4 is 5.32 Å². The van der Waals surface area contributed by atoms with Gasteiger partial charge in [0.15, 0.2) is 0 Å². The Bertz CT molecular complexity index is 1050. The highest BCUT2D eigenvalue weighted by Crippen LogP contribution is 2.29. The number of carbonyl (C=O) groups excluding carboxylic acids is 2. The molecule has 0 saturated heterocycles. The summed E-state index contributed by atoms with van der Waals surface area (Å²) in [5.74, 6) is -1.62. The molecule has 0 radical (unpaired) electrons. The van der Waals surface area contributed by atoms with E-state index in [1.807, 2.05) is 0 Å². The van der Waals surface area contributed by atoms with Crippen molar-refractivity contribution in [1.82, 2.24) is 14.7 Å². The molecule has 0 saturated carbocycles. The average molecular weight is 437 g/mol. The third-order valence-electron chi connectivity index (χ3n) is 4.17.